The van der Waals surface area contributed by atoms with Gasteiger partial charge in [0, 0.05) is 0 Å². The van der Waals surface area contributed by atoms with Gasteiger partial charge in [0.05, 0.1) is 13.2 Å². The fourth-order valence-corrected chi connectivity index (χ4v) is 0.333. The van der Waals surface area contributed by atoms with Crippen LogP contribution in [-0.2, 0) is 9.53 Å². The van der Waals surface area contributed by atoms with Crippen LogP contribution < -0.4 is 5.73 Å². The fourth-order valence-electron chi connectivity index (χ4n) is 0.333. The summed E-state index contributed by atoms with van der Waals surface area (Å²) < 4.78 is 4.25. The standard InChI is InChI=1S/C5H11NO3.ClH/c1-3(7)4(6)5(8)9-2;/h3-4,7H,6H2,1-2H3;1H. The largest absolute Gasteiger partial charge is 0.468 e. The lowest BCUT2D eigenvalue weighted by Gasteiger charge is -2.10. The number of nitrogens with two attached hydrogens (primary N) is 1. The van der Waals surface area contributed by atoms with E-state index in [1.54, 1.807) is 0 Å². The molecule has 5 heteroatoms. The highest BCUT2D eigenvalue weighted by Crippen LogP contribution is 1.89. The summed E-state index contributed by atoms with van der Waals surface area (Å²) in [5.74, 6) is -0.593. The van der Waals surface area contributed by atoms with E-state index in [2.05, 4.69) is 4.74 Å². The van der Waals surface area contributed by atoms with Crippen molar-refractivity contribution in [3.63, 3.8) is 0 Å². The first-order chi connectivity index (χ1) is 4.09. The molecular weight excluding hydrogens is 158 g/mol. The minimum atomic E-state index is -0.921. The zero-order valence-corrected chi connectivity index (χ0v) is 6.72. The maximum Gasteiger partial charge on any atom is 0.325 e. The number of rotatable bonds is 2. The molecule has 10 heavy (non-hydrogen) atoms. The minimum absolute atomic E-state index is 0. The van der Waals surface area contributed by atoms with Crippen molar-refractivity contribution in [2.75, 3.05) is 7.11 Å². The molecule has 0 aromatic carbocycles. The fraction of sp³-hybridized carbons (Fsp3) is 0.800. The molecule has 4 nitrogen and oxygen atoms in total. The van der Waals surface area contributed by atoms with Crippen molar-refractivity contribution in [1.82, 2.24) is 0 Å². The Morgan fingerprint density at radius 3 is 2.20 bits per heavy atom. The third-order valence-electron chi connectivity index (χ3n) is 0.993. The van der Waals surface area contributed by atoms with E-state index in [-0.39, 0.29) is 12.4 Å². The lowest BCUT2D eigenvalue weighted by molar-refractivity contribution is -0.144. The van der Waals surface area contributed by atoms with Crippen molar-refractivity contribution in [3.8, 4) is 0 Å². The SMILES string of the molecule is COC(=O)C(N)C(C)O.Cl. The zero-order valence-electron chi connectivity index (χ0n) is 5.90. The van der Waals surface area contributed by atoms with E-state index >= 15 is 0 Å². The monoisotopic (exact) mass is 169 g/mol. The minimum Gasteiger partial charge on any atom is -0.468 e. The Morgan fingerprint density at radius 2 is 2.10 bits per heavy atom. The summed E-state index contributed by atoms with van der Waals surface area (Å²) in [6.07, 6.45) is -0.850. The molecule has 0 aliphatic heterocycles. The van der Waals surface area contributed by atoms with Crippen LogP contribution in [0.5, 0.6) is 0 Å². The van der Waals surface area contributed by atoms with Crippen molar-refractivity contribution >= 4 is 18.4 Å². The summed E-state index contributed by atoms with van der Waals surface area (Å²) in [7, 11) is 1.23. The number of carbonyl (C=O) groups is 1. The van der Waals surface area contributed by atoms with Crippen molar-refractivity contribution in [2.45, 2.75) is 19.1 Å². The van der Waals surface area contributed by atoms with Gasteiger partial charge in [0.25, 0.3) is 0 Å². The molecule has 0 aliphatic carbocycles. The first kappa shape index (κ1) is 12.4. The molecule has 62 valence electrons. The molecule has 0 spiro atoms. The molecule has 2 atom stereocenters. The van der Waals surface area contributed by atoms with Gasteiger partial charge < -0.3 is 15.6 Å². The van der Waals surface area contributed by atoms with Gasteiger partial charge in [0.2, 0.25) is 0 Å². The van der Waals surface area contributed by atoms with Crippen LogP contribution in [-0.4, -0.2) is 30.3 Å². The van der Waals surface area contributed by atoms with Gasteiger partial charge in [-0.3, -0.25) is 4.79 Å². The molecule has 2 unspecified atom stereocenters. The molecule has 0 saturated carbocycles. The van der Waals surface area contributed by atoms with Crippen LogP contribution in [0.2, 0.25) is 0 Å². The highest BCUT2D eigenvalue weighted by atomic mass is 35.5. The number of aliphatic hydroxyl groups is 1. The van der Waals surface area contributed by atoms with Gasteiger partial charge in [0.15, 0.2) is 0 Å². The van der Waals surface area contributed by atoms with Gasteiger partial charge >= 0.3 is 5.97 Å². The van der Waals surface area contributed by atoms with Crippen LogP contribution in [0, 0.1) is 0 Å². The number of halogens is 1. The van der Waals surface area contributed by atoms with E-state index in [1.165, 1.54) is 14.0 Å². The Labute approximate surface area is 65.8 Å². The van der Waals surface area contributed by atoms with Crippen LogP contribution in [0.3, 0.4) is 0 Å². The highest BCUT2D eigenvalue weighted by Gasteiger charge is 2.18. The molecule has 0 aliphatic rings. The summed E-state index contributed by atoms with van der Waals surface area (Å²) >= 11 is 0. The van der Waals surface area contributed by atoms with Crippen LogP contribution in [0.15, 0.2) is 0 Å². The lowest BCUT2D eigenvalue weighted by atomic mass is 10.2. The maximum absolute atomic E-state index is 10.4. The van der Waals surface area contributed by atoms with E-state index in [9.17, 15) is 4.79 Å². The topological polar surface area (TPSA) is 72.5 Å². The molecule has 0 heterocycles. The summed E-state index contributed by atoms with van der Waals surface area (Å²) in [6.45, 7) is 1.43. The van der Waals surface area contributed by atoms with Gasteiger partial charge in [-0.2, -0.15) is 0 Å². The highest BCUT2D eigenvalue weighted by molar-refractivity contribution is 5.85. The molecule has 0 saturated heterocycles. The van der Waals surface area contributed by atoms with Crippen LogP contribution in [0.4, 0.5) is 0 Å². The molecule has 0 fully saturated rings. The molecule has 0 rings (SSSR count). The second-order valence-electron chi connectivity index (χ2n) is 1.79. The Kier molecular flexibility index (Phi) is 6.76. The summed E-state index contributed by atoms with van der Waals surface area (Å²) in [5.41, 5.74) is 5.15. The lowest BCUT2D eigenvalue weighted by Crippen LogP contribution is -2.40. The average Bonchev–Trinajstić information content (AvgIpc) is 1.84. The Bertz CT molecular complexity index is 107. The number of hydrogen-bond donors (Lipinski definition) is 2. The number of methoxy groups -OCH3 is 1. The first-order valence-electron chi connectivity index (χ1n) is 2.61. The van der Waals surface area contributed by atoms with Gasteiger partial charge in [-0.1, -0.05) is 0 Å². The summed E-state index contributed by atoms with van der Waals surface area (Å²) in [4.78, 5) is 10.4. The third-order valence-corrected chi connectivity index (χ3v) is 0.993. The van der Waals surface area contributed by atoms with Crippen molar-refractivity contribution < 1.29 is 14.6 Å². The van der Waals surface area contributed by atoms with E-state index < -0.39 is 18.1 Å². The number of ether oxygens (including phenoxy) is 1. The summed E-state index contributed by atoms with van der Waals surface area (Å²) in [6, 6.07) is -0.921. The molecular formula is C5H12ClNO3. The van der Waals surface area contributed by atoms with Gasteiger partial charge in [-0.25, -0.2) is 0 Å². The number of hydrogen-bond acceptors (Lipinski definition) is 4. The Morgan fingerprint density at radius 1 is 1.70 bits per heavy atom. The second-order valence-corrected chi connectivity index (χ2v) is 1.79. The number of aliphatic hydroxyl groups excluding tert-OH is 1. The molecule has 0 radical (unpaired) electrons. The molecule has 3 N–H and O–H groups in total. The first-order valence-corrected chi connectivity index (χ1v) is 2.61. The molecule has 0 bridgehead atoms. The van der Waals surface area contributed by atoms with Crippen LogP contribution >= 0.6 is 12.4 Å². The van der Waals surface area contributed by atoms with Crippen molar-refractivity contribution in [2.24, 2.45) is 5.73 Å². The van der Waals surface area contributed by atoms with Crippen LogP contribution in [0.1, 0.15) is 6.92 Å². The molecule has 0 aromatic heterocycles. The quantitative estimate of drug-likeness (QED) is 0.536. The van der Waals surface area contributed by atoms with E-state index in [1.807, 2.05) is 0 Å². The van der Waals surface area contributed by atoms with Crippen LogP contribution in [0.25, 0.3) is 0 Å². The third kappa shape index (κ3) is 3.66. The van der Waals surface area contributed by atoms with E-state index in [0.29, 0.717) is 0 Å². The zero-order chi connectivity index (χ0) is 7.44. The Balaban J connectivity index is 0. The normalized spacial score (nSPS) is 14.8. The smallest absolute Gasteiger partial charge is 0.325 e. The van der Waals surface area contributed by atoms with Crippen molar-refractivity contribution in [1.29, 1.82) is 0 Å². The Hall–Kier alpha value is -0.320. The van der Waals surface area contributed by atoms with Gasteiger partial charge in [-0.15, -0.1) is 12.4 Å². The molecule has 0 amide bonds. The van der Waals surface area contributed by atoms with Crippen molar-refractivity contribution in [3.05, 3.63) is 0 Å². The van der Waals surface area contributed by atoms with Gasteiger partial charge in [-0.05, 0) is 6.92 Å². The average molecular weight is 170 g/mol. The number of carbonyl (C=O) groups excluding carboxylic acids is 1. The molecule has 0 aromatic rings. The number of esters is 1. The van der Waals surface area contributed by atoms with E-state index in [4.69, 9.17) is 10.8 Å². The maximum atomic E-state index is 10.4. The van der Waals surface area contributed by atoms with Gasteiger partial charge in [0.1, 0.15) is 6.04 Å². The predicted octanol–water partition coefficient (Wildman–Crippen LogP) is -0.711. The second kappa shape index (κ2) is 5.46. The summed E-state index contributed by atoms with van der Waals surface area (Å²) in [5, 5.41) is 8.70. The van der Waals surface area contributed by atoms with E-state index in [0.717, 1.165) is 0 Å². The predicted molar refractivity (Wildman–Crippen MR) is 38.9 cm³/mol.